The van der Waals surface area contributed by atoms with E-state index in [0.29, 0.717) is 0 Å². The first kappa shape index (κ1) is 10.7. The highest BCUT2D eigenvalue weighted by molar-refractivity contribution is 7.89. The van der Waals surface area contributed by atoms with Gasteiger partial charge in [-0.2, -0.15) is 0 Å². The van der Waals surface area contributed by atoms with Crippen LogP contribution in [0.5, 0.6) is 0 Å². The topological polar surface area (TPSA) is 65.1 Å². The first-order chi connectivity index (χ1) is 6.89. The summed E-state index contributed by atoms with van der Waals surface area (Å²) in [4.78, 5) is 0. The van der Waals surface area contributed by atoms with Crippen LogP contribution in [-0.4, -0.2) is 24.2 Å². The molecular weight excluding hydrogens is 212 g/mol. The highest BCUT2D eigenvalue weighted by Crippen LogP contribution is 2.36. The first-order valence-electron chi connectivity index (χ1n) is 5.05. The van der Waals surface area contributed by atoms with Crippen molar-refractivity contribution in [1.29, 1.82) is 0 Å². The Kier molecular flexibility index (Phi) is 2.39. The molecule has 0 unspecified atom stereocenters. The van der Waals surface area contributed by atoms with Gasteiger partial charge in [0, 0.05) is 17.9 Å². The van der Waals surface area contributed by atoms with Crippen molar-refractivity contribution in [1.82, 2.24) is 3.97 Å². The van der Waals surface area contributed by atoms with E-state index in [-0.39, 0.29) is 5.54 Å². The summed E-state index contributed by atoms with van der Waals surface area (Å²) in [6.07, 6.45) is 8.45. The van der Waals surface area contributed by atoms with Crippen LogP contribution in [0.3, 0.4) is 0 Å². The molecule has 84 valence electrons. The largest absolute Gasteiger partial charge is 0.325 e. The lowest BCUT2D eigenvalue weighted by Gasteiger charge is -2.05. The van der Waals surface area contributed by atoms with Gasteiger partial charge in [-0.05, 0) is 37.3 Å². The third-order valence-corrected chi connectivity index (χ3v) is 3.91. The minimum absolute atomic E-state index is 0.0349. The van der Waals surface area contributed by atoms with Crippen molar-refractivity contribution in [2.45, 2.75) is 31.2 Å². The molecule has 4 nitrogen and oxygen atoms in total. The van der Waals surface area contributed by atoms with Gasteiger partial charge in [-0.1, -0.05) is 0 Å². The van der Waals surface area contributed by atoms with Crippen LogP contribution in [0.1, 0.15) is 24.8 Å². The second kappa shape index (κ2) is 3.35. The van der Waals surface area contributed by atoms with Gasteiger partial charge in [-0.15, -0.1) is 0 Å². The summed E-state index contributed by atoms with van der Waals surface area (Å²) in [6.45, 7) is 0. The number of nitrogens with zero attached hydrogens (tertiary/aromatic N) is 1. The van der Waals surface area contributed by atoms with Crippen molar-refractivity contribution >= 4 is 10.0 Å². The van der Waals surface area contributed by atoms with E-state index in [9.17, 15) is 8.42 Å². The molecule has 0 aromatic carbocycles. The number of nitrogens with two attached hydrogens (primary N) is 1. The van der Waals surface area contributed by atoms with Crippen LogP contribution in [0.4, 0.5) is 0 Å². The number of aromatic nitrogens is 1. The van der Waals surface area contributed by atoms with Crippen molar-refractivity contribution in [2.24, 2.45) is 5.73 Å². The Hall–Kier alpha value is -0.810. The van der Waals surface area contributed by atoms with Crippen molar-refractivity contribution < 1.29 is 8.42 Å². The minimum atomic E-state index is -3.13. The van der Waals surface area contributed by atoms with Crippen molar-refractivity contribution in [3.63, 3.8) is 0 Å². The Labute approximate surface area is 90.1 Å². The molecule has 0 saturated heterocycles. The monoisotopic (exact) mass is 228 g/mol. The van der Waals surface area contributed by atoms with Gasteiger partial charge in [0.25, 0.3) is 0 Å². The third-order valence-electron chi connectivity index (χ3n) is 2.92. The Morgan fingerprint density at radius 3 is 2.67 bits per heavy atom. The normalized spacial score (nSPS) is 19.1. The number of aryl methyl sites for hydroxylation is 1. The third kappa shape index (κ3) is 2.60. The second-order valence-electron chi connectivity index (χ2n) is 4.48. The number of hydrogen-bond donors (Lipinski definition) is 1. The number of rotatable bonds is 4. The molecule has 1 aromatic rings. The molecule has 1 aliphatic rings. The Morgan fingerprint density at radius 2 is 2.20 bits per heavy atom. The Bertz CT molecular complexity index is 458. The zero-order valence-electron chi connectivity index (χ0n) is 8.81. The van der Waals surface area contributed by atoms with Crippen LogP contribution in [0, 0.1) is 0 Å². The molecule has 5 heteroatoms. The van der Waals surface area contributed by atoms with Gasteiger partial charge in [-0.3, -0.25) is 3.97 Å². The fourth-order valence-corrected chi connectivity index (χ4v) is 2.19. The summed E-state index contributed by atoms with van der Waals surface area (Å²) in [5, 5.41) is 0. The quantitative estimate of drug-likeness (QED) is 0.825. The zero-order chi connectivity index (χ0) is 11.1. The fourth-order valence-electron chi connectivity index (χ4n) is 1.58. The first-order valence-corrected chi connectivity index (χ1v) is 6.90. The summed E-state index contributed by atoms with van der Waals surface area (Å²) in [5.41, 5.74) is 7.04. The van der Waals surface area contributed by atoms with Crippen LogP contribution in [0.25, 0.3) is 0 Å². The molecule has 15 heavy (non-hydrogen) atoms. The molecule has 2 N–H and O–H groups in total. The standard InChI is InChI=1S/C10H16N2O2S/c1-15(13,14)12-7-3-9(8-12)2-4-10(11)5-6-10/h3,7-8H,2,4-6,11H2,1H3. The maximum Gasteiger partial charge on any atom is 0.235 e. The van der Waals surface area contributed by atoms with Crippen LogP contribution in [0.2, 0.25) is 0 Å². The van der Waals surface area contributed by atoms with Crippen molar-refractivity contribution in [2.75, 3.05) is 6.26 Å². The second-order valence-corrected chi connectivity index (χ2v) is 6.36. The van der Waals surface area contributed by atoms with E-state index in [2.05, 4.69) is 0 Å². The molecule has 0 radical (unpaired) electrons. The van der Waals surface area contributed by atoms with Gasteiger partial charge in [0.05, 0.1) is 6.26 Å². The van der Waals surface area contributed by atoms with Crippen molar-refractivity contribution in [3.8, 4) is 0 Å². The molecular formula is C10H16N2O2S. The Balaban J connectivity index is 2.01. The Morgan fingerprint density at radius 1 is 1.53 bits per heavy atom. The molecule has 0 aliphatic heterocycles. The summed E-state index contributed by atoms with van der Waals surface area (Å²) >= 11 is 0. The van der Waals surface area contributed by atoms with Gasteiger partial charge in [-0.25, -0.2) is 8.42 Å². The van der Waals surface area contributed by atoms with E-state index in [1.54, 1.807) is 12.4 Å². The van der Waals surface area contributed by atoms with Crippen molar-refractivity contribution in [3.05, 3.63) is 24.0 Å². The van der Waals surface area contributed by atoms with E-state index in [1.165, 1.54) is 10.2 Å². The molecule has 0 bridgehead atoms. The molecule has 1 saturated carbocycles. The van der Waals surface area contributed by atoms with E-state index >= 15 is 0 Å². The van der Waals surface area contributed by atoms with E-state index in [1.807, 2.05) is 6.07 Å². The van der Waals surface area contributed by atoms with Gasteiger partial charge >= 0.3 is 0 Å². The molecule has 1 aliphatic carbocycles. The van der Waals surface area contributed by atoms with Gasteiger partial charge in [0.1, 0.15) is 0 Å². The highest BCUT2D eigenvalue weighted by atomic mass is 32.2. The van der Waals surface area contributed by atoms with Crippen LogP contribution in [-0.2, 0) is 16.4 Å². The lowest BCUT2D eigenvalue weighted by Crippen LogP contribution is -2.21. The van der Waals surface area contributed by atoms with E-state index in [0.717, 1.165) is 31.2 Å². The molecule has 1 fully saturated rings. The highest BCUT2D eigenvalue weighted by Gasteiger charge is 2.37. The maximum absolute atomic E-state index is 11.2. The van der Waals surface area contributed by atoms with Crippen LogP contribution in [0.15, 0.2) is 18.5 Å². The van der Waals surface area contributed by atoms with Crippen LogP contribution < -0.4 is 5.73 Å². The summed E-state index contributed by atoms with van der Waals surface area (Å²) < 4.78 is 23.6. The maximum atomic E-state index is 11.2. The average Bonchev–Trinajstić information content (AvgIpc) is 2.66. The molecule has 0 atom stereocenters. The molecule has 2 rings (SSSR count). The minimum Gasteiger partial charge on any atom is -0.325 e. The van der Waals surface area contributed by atoms with E-state index in [4.69, 9.17) is 5.73 Å². The average molecular weight is 228 g/mol. The number of hydrogen-bond acceptors (Lipinski definition) is 3. The van der Waals surface area contributed by atoms with Gasteiger partial charge < -0.3 is 5.73 Å². The molecule has 0 amide bonds. The van der Waals surface area contributed by atoms with Crippen LogP contribution >= 0.6 is 0 Å². The lowest BCUT2D eigenvalue weighted by atomic mass is 10.1. The zero-order valence-corrected chi connectivity index (χ0v) is 9.63. The molecule has 0 spiro atoms. The smallest absolute Gasteiger partial charge is 0.235 e. The fraction of sp³-hybridized carbons (Fsp3) is 0.600. The lowest BCUT2D eigenvalue weighted by molar-refractivity contribution is 0.593. The summed E-state index contributed by atoms with van der Waals surface area (Å²) in [7, 11) is -3.13. The van der Waals surface area contributed by atoms with E-state index < -0.39 is 10.0 Å². The van der Waals surface area contributed by atoms with Gasteiger partial charge in [0.2, 0.25) is 10.0 Å². The predicted octanol–water partition coefficient (Wildman–Crippen LogP) is 0.720. The predicted molar refractivity (Wildman–Crippen MR) is 59.1 cm³/mol. The summed E-state index contributed by atoms with van der Waals surface area (Å²) in [6, 6.07) is 1.84. The van der Waals surface area contributed by atoms with Gasteiger partial charge in [0.15, 0.2) is 0 Å². The molecule has 1 aromatic heterocycles. The molecule has 1 heterocycles. The summed E-state index contributed by atoms with van der Waals surface area (Å²) in [5.74, 6) is 0. The SMILES string of the molecule is CS(=O)(=O)n1ccc(CCC2(N)CC2)c1.